The highest BCUT2D eigenvalue weighted by molar-refractivity contribution is 7.89. The summed E-state index contributed by atoms with van der Waals surface area (Å²) in [7, 11) is -3.55. The van der Waals surface area contributed by atoms with Crippen LogP contribution in [0.2, 0.25) is 0 Å². The molecule has 4 rings (SSSR count). The molecule has 33 heavy (non-hydrogen) atoms. The predicted octanol–water partition coefficient (Wildman–Crippen LogP) is 2.23. The zero-order valence-electron chi connectivity index (χ0n) is 18.8. The molecule has 3 N–H and O–H groups in total. The number of hydrogen-bond acceptors (Lipinski definition) is 6. The quantitative estimate of drug-likeness (QED) is 0.589. The van der Waals surface area contributed by atoms with Gasteiger partial charge in [-0.2, -0.15) is 4.31 Å². The topological polar surface area (TPSA) is 113 Å². The van der Waals surface area contributed by atoms with Crippen molar-refractivity contribution < 1.29 is 18.0 Å². The molecule has 2 aromatic rings. The van der Waals surface area contributed by atoms with Crippen LogP contribution in [0.25, 0.3) is 0 Å². The first-order valence-electron chi connectivity index (χ1n) is 11.3. The van der Waals surface area contributed by atoms with Crippen molar-refractivity contribution in [3.63, 3.8) is 0 Å². The van der Waals surface area contributed by atoms with Gasteiger partial charge in [0.25, 0.3) is 5.91 Å². The average Bonchev–Trinajstić information content (AvgIpc) is 3.35. The summed E-state index contributed by atoms with van der Waals surface area (Å²) in [5, 5.41) is 3.39. The molecular weight excluding hydrogens is 460 g/mol. The number of thiophene rings is 1. The molecule has 1 aromatic heterocycles. The molecule has 2 amide bonds. The van der Waals surface area contributed by atoms with Gasteiger partial charge in [-0.3, -0.25) is 14.5 Å². The molecule has 2 aliphatic rings. The molecule has 10 heteroatoms. The number of benzene rings is 1. The van der Waals surface area contributed by atoms with Gasteiger partial charge in [0.15, 0.2) is 0 Å². The van der Waals surface area contributed by atoms with Gasteiger partial charge >= 0.3 is 0 Å². The number of anilines is 1. The average molecular weight is 491 g/mol. The summed E-state index contributed by atoms with van der Waals surface area (Å²) in [6.07, 6.45) is 4.67. The van der Waals surface area contributed by atoms with E-state index in [4.69, 9.17) is 5.73 Å². The number of aryl methyl sites for hydroxylation is 2. The highest BCUT2D eigenvalue weighted by atomic mass is 32.2. The fourth-order valence-corrected chi connectivity index (χ4v) is 7.25. The Labute approximate surface area is 198 Å². The smallest absolute Gasteiger partial charge is 0.251 e. The van der Waals surface area contributed by atoms with Gasteiger partial charge < -0.3 is 11.1 Å². The van der Waals surface area contributed by atoms with E-state index in [2.05, 4.69) is 12.2 Å². The molecule has 1 aromatic carbocycles. The Morgan fingerprint density at radius 1 is 1.09 bits per heavy atom. The van der Waals surface area contributed by atoms with E-state index in [1.54, 1.807) is 12.1 Å². The van der Waals surface area contributed by atoms with Gasteiger partial charge in [0, 0.05) is 31.1 Å². The number of nitrogens with two attached hydrogens (primary N) is 1. The maximum absolute atomic E-state index is 13.0. The van der Waals surface area contributed by atoms with Crippen LogP contribution in [0.5, 0.6) is 0 Å². The lowest BCUT2D eigenvalue weighted by atomic mass is 10.1. The molecule has 0 saturated carbocycles. The minimum absolute atomic E-state index is 0.139. The molecule has 0 bridgehead atoms. The number of hydrogen-bond donors (Lipinski definition) is 2. The number of amides is 2. The van der Waals surface area contributed by atoms with E-state index >= 15 is 0 Å². The molecule has 1 aliphatic carbocycles. The maximum Gasteiger partial charge on any atom is 0.251 e. The van der Waals surface area contributed by atoms with Crippen molar-refractivity contribution in [3.05, 3.63) is 45.8 Å². The summed E-state index contributed by atoms with van der Waals surface area (Å²) in [6, 6.07) is 7.10. The summed E-state index contributed by atoms with van der Waals surface area (Å²) < 4.78 is 27.4. The van der Waals surface area contributed by atoms with Crippen molar-refractivity contribution >= 4 is 38.2 Å². The molecular formula is C23H30N4O4S2. The number of carbonyl (C=O) groups is 2. The lowest BCUT2D eigenvalue weighted by Crippen LogP contribution is -2.50. The van der Waals surface area contributed by atoms with E-state index in [1.807, 2.05) is 17.0 Å². The molecule has 0 unspecified atom stereocenters. The van der Waals surface area contributed by atoms with Crippen molar-refractivity contribution in [2.45, 2.75) is 43.9 Å². The van der Waals surface area contributed by atoms with Crippen LogP contribution in [0, 0.1) is 0 Å². The molecule has 178 valence electrons. The Bertz CT molecular complexity index is 1130. The first-order chi connectivity index (χ1) is 15.8. The molecule has 8 nitrogen and oxygen atoms in total. The van der Waals surface area contributed by atoms with Gasteiger partial charge in [0.2, 0.25) is 15.9 Å². The largest absolute Gasteiger partial charge is 0.365 e. The van der Waals surface area contributed by atoms with Crippen LogP contribution in [0.15, 0.2) is 29.2 Å². The minimum Gasteiger partial charge on any atom is -0.365 e. The van der Waals surface area contributed by atoms with Crippen LogP contribution < -0.4 is 11.1 Å². The third-order valence-corrected chi connectivity index (χ3v) is 9.34. The Morgan fingerprint density at radius 2 is 1.79 bits per heavy atom. The van der Waals surface area contributed by atoms with E-state index in [9.17, 15) is 18.0 Å². The van der Waals surface area contributed by atoms with Crippen molar-refractivity contribution in [3.8, 4) is 0 Å². The van der Waals surface area contributed by atoms with Gasteiger partial charge in [-0.05, 0) is 48.9 Å². The predicted molar refractivity (Wildman–Crippen MR) is 129 cm³/mol. The monoisotopic (exact) mass is 490 g/mol. The Morgan fingerprint density at radius 3 is 2.42 bits per heavy atom. The lowest BCUT2D eigenvalue weighted by Gasteiger charge is -2.33. The van der Waals surface area contributed by atoms with E-state index < -0.39 is 15.9 Å². The number of primary amides is 1. The molecule has 1 fully saturated rings. The first kappa shape index (κ1) is 23.9. The summed E-state index contributed by atoms with van der Waals surface area (Å²) in [5.74, 6) is -0.730. The summed E-state index contributed by atoms with van der Waals surface area (Å²) in [4.78, 5) is 27.9. The maximum atomic E-state index is 13.0. The van der Waals surface area contributed by atoms with E-state index in [0.717, 1.165) is 48.1 Å². The number of fused-ring (bicyclic) bond motifs is 1. The minimum atomic E-state index is -3.55. The van der Waals surface area contributed by atoms with E-state index in [0.29, 0.717) is 41.6 Å². The number of nitrogens with zero attached hydrogens (tertiary/aromatic N) is 2. The second-order valence-corrected chi connectivity index (χ2v) is 11.6. The third-order valence-electron chi connectivity index (χ3n) is 6.22. The zero-order chi connectivity index (χ0) is 23.6. The number of rotatable bonds is 8. The number of piperazine rings is 1. The fourth-order valence-electron chi connectivity index (χ4n) is 4.52. The molecule has 2 heterocycles. The zero-order valence-corrected chi connectivity index (χ0v) is 20.4. The van der Waals surface area contributed by atoms with Gasteiger partial charge in [-0.15, -0.1) is 11.3 Å². The first-order valence-corrected chi connectivity index (χ1v) is 13.6. The SMILES string of the molecule is CCCc1ccc(S(=O)(=O)N2CCN(CC(=O)Nc3sc4c(c3C(N)=O)CCC4)CC2)cc1. The summed E-state index contributed by atoms with van der Waals surface area (Å²) in [5.41, 5.74) is 8.11. The lowest BCUT2D eigenvalue weighted by molar-refractivity contribution is -0.117. The van der Waals surface area contributed by atoms with Crippen molar-refractivity contribution in [1.82, 2.24) is 9.21 Å². The fraction of sp³-hybridized carbons (Fsp3) is 0.478. The highest BCUT2D eigenvalue weighted by Gasteiger charge is 2.30. The third kappa shape index (κ3) is 5.13. The standard InChI is InChI=1S/C23H30N4O4S2/c1-2-4-16-7-9-17(10-8-16)33(30,31)27-13-11-26(12-14-27)15-20(28)25-23-21(22(24)29)18-5-3-6-19(18)32-23/h7-10H,2-6,11-15H2,1H3,(H2,24,29)(H,25,28). The van der Waals surface area contributed by atoms with Gasteiger partial charge in [-0.25, -0.2) is 8.42 Å². The van der Waals surface area contributed by atoms with Crippen LogP contribution in [-0.4, -0.2) is 62.2 Å². The van der Waals surface area contributed by atoms with Crippen LogP contribution in [-0.2, 0) is 34.1 Å². The van der Waals surface area contributed by atoms with Crippen molar-refractivity contribution in [2.24, 2.45) is 5.73 Å². The molecule has 0 radical (unpaired) electrons. The van der Waals surface area contributed by atoms with Crippen molar-refractivity contribution in [1.29, 1.82) is 0 Å². The second kappa shape index (κ2) is 9.92. The number of carbonyl (C=O) groups excluding carboxylic acids is 2. The Kier molecular flexibility index (Phi) is 7.18. The highest BCUT2D eigenvalue weighted by Crippen LogP contribution is 2.38. The number of sulfonamides is 1. The van der Waals surface area contributed by atoms with E-state index in [1.165, 1.54) is 15.6 Å². The van der Waals surface area contributed by atoms with Crippen LogP contribution in [0.1, 0.15) is 46.1 Å². The van der Waals surface area contributed by atoms with Gasteiger partial charge in [-0.1, -0.05) is 25.5 Å². The normalized spacial score (nSPS) is 17.1. The summed E-state index contributed by atoms with van der Waals surface area (Å²) >= 11 is 1.43. The second-order valence-electron chi connectivity index (χ2n) is 8.55. The van der Waals surface area contributed by atoms with Crippen LogP contribution >= 0.6 is 11.3 Å². The van der Waals surface area contributed by atoms with E-state index in [-0.39, 0.29) is 12.5 Å². The van der Waals surface area contributed by atoms with Crippen LogP contribution in [0.3, 0.4) is 0 Å². The Balaban J connectivity index is 1.33. The summed E-state index contributed by atoms with van der Waals surface area (Å²) in [6.45, 7) is 3.81. The van der Waals surface area contributed by atoms with Crippen molar-refractivity contribution in [2.75, 3.05) is 38.0 Å². The van der Waals surface area contributed by atoms with Crippen LogP contribution in [0.4, 0.5) is 5.00 Å². The molecule has 1 saturated heterocycles. The number of nitrogens with one attached hydrogen (secondary N) is 1. The van der Waals surface area contributed by atoms with Gasteiger partial charge in [0.1, 0.15) is 5.00 Å². The molecule has 0 atom stereocenters. The van der Waals surface area contributed by atoms with Gasteiger partial charge in [0.05, 0.1) is 17.0 Å². The Hall–Kier alpha value is -2.27. The molecule has 0 spiro atoms. The molecule has 1 aliphatic heterocycles.